The van der Waals surface area contributed by atoms with Crippen molar-refractivity contribution in [2.45, 2.75) is 19.3 Å². The third-order valence-electron chi connectivity index (χ3n) is 3.55. The molecule has 2 amide bonds. The van der Waals surface area contributed by atoms with Crippen LogP contribution in [0, 0.1) is 5.92 Å². The van der Waals surface area contributed by atoms with E-state index in [0.29, 0.717) is 21.5 Å². The van der Waals surface area contributed by atoms with Crippen LogP contribution in [0.1, 0.15) is 18.5 Å². The Morgan fingerprint density at radius 1 is 1.35 bits per heavy atom. The van der Waals surface area contributed by atoms with Gasteiger partial charge in [-0.05, 0) is 37.1 Å². The molecule has 0 unspecified atom stereocenters. The minimum atomic E-state index is -0.152. The summed E-state index contributed by atoms with van der Waals surface area (Å²) in [7, 11) is 1.73. The van der Waals surface area contributed by atoms with Gasteiger partial charge in [-0.1, -0.05) is 11.6 Å². The molecular formula is C16H16ClN3O2S. The molecular weight excluding hydrogens is 334 g/mol. The second kappa shape index (κ2) is 6.68. The lowest BCUT2D eigenvalue weighted by Crippen LogP contribution is -2.27. The smallest absolute Gasteiger partial charge is 0.231 e. The van der Waals surface area contributed by atoms with Gasteiger partial charge in [-0.3, -0.25) is 14.5 Å². The Morgan fingerprint density at radius 2 is 2.04 bits per heavy atom. The number of anilines is 2. The average molecular weight is 350 g/mol. The third kappa shape index (κ3) is 4.09. The SMILES string of the molecule is CN(C(=O)C1CC1)c1nc(CC(=O)Nc2ccc(Cl)cc2)cs1. The van der Waals surface area contributed by atoms with Crippen molar-refractivity contribution in [2.75, 3.05) is 17.3 Å². The summed E-state index contributed by atoms with van der Waals surface area (Å²) in [5, 5.41) is 5.86. The van der Waals surface area contributed by atoms with Crippen LogP contribution >= 0.6 is 22.9 Å². The highest BCUT2D eigenvalue weighted by Crippen LogP contribution is 2.33. The fraction of sp³-hybridized carbons (Fsp3) is 0.312. The van der Waals surface area contributed by atoms with E-state index in [1.807, 2.05) is 5.38 Å². The van der Waals surface area contributed by atoms with Crippen molar-refractivity contribution >= 4 is 45.6 Å². The molecule has 1 N–H and O–H groups in total. The van der Waals surface area contributed by atoms with Crippen LogP contribution in [0.3, 0.4) is 0 Å². The van der Waals surface area contributed by atoms with Crippen LogP contribution in [0.2, 0.25) is 5.02 Å². The van der Waals surface area contributed by atoms with Crippen LogP contribution < -0.4 is 10.2 Å². The molecule has 120 valence electrons. The van der Waals surface area contributed by atoms with Crippen molar-refractivity contribution in [2.24, 2.45) is 5.92 Å². The molecule has 1 aromatic heterocycles. The lowest BCUT2D eigenvalue weighted by molar-refractivity contribution is -0.119. The molecule has 0 atom stereocenters. The van der Waals surface area contributed by atoms with Gasteiger partial charge in [0.1, 0.15) is 0 Å². The van der Waals surface area contributed by atoms with E-state index in [0.717, 1.165) is 12.8 Å². The zero-order chi connectivity index (χ0) is 16.4. The molecule has 1 aliphatic carbocycles. The number of thiazole rings is 1. The number of carbonyl (C=O) groups excluding carboxylic acids is 2. The van der Waals surface area contributed by atoms with Gasteiger partial charge in [0.15, 0.2) is 5.13 Å². The zero-order valence-corrected chi connectivity index (χ0v) is 14.2. The molecule has 5 nitrogen and oxygen atoms in total. The molecule has 7 heteroatoms. The van der Waals surface area contributed by atoms with Gasteiger partial charge in [0.2, 0.25) is 11.8 Å². The number of hydrogen-bond donors (Lipinski definition) is 1. The number of amides is 2. The van der Waals surface area contributed by atoms with Gasteiger partial charge in [-0.2, -0.15) is 0 Å². The molecule has 1 aromatic carbocycles. The Kier molecular flexibility index (Phi) is 4.63. The molecule has 23 heavy (non-hydrogen) atoms. The predicted octanol–water partition coefficient (Wildman–Crippen LogP) is 3.35. The Bertz CT molecular complexity index is 725. The number of hydrogen-bond acceptors (Lipinski definition) is 4. The zero-order valence-electron chi connectivity index (χ0n) is 12.6. The molecule has 1 heterocycles. The van der Waals surface area contributed by atoms with Crippen LogP contribution in [0.5, 0.6) is 0 Å². The monoisotopic (exact) mass is 349 g/mol. The quantitative estimate of drug-likeness (QED) is 0.900. The molecule has 1 saturated carbocycles. The second-order valence-electron chi connectivity index (χ2n) is 5.52. The number of rotatable bonds is 5. The summed E-state index contributed by atoms with van der Waals surface area (Å²) in [6.07, 6.45) is 2.10. The molecule has 3 rings (SSSR count). The molecule has 0 bridgehead atoms. The first-order valence-electron chi connectivity index (χ1n) is 7.30. The normalized spacial score (nSPS) is 13.7. The van der Waals surface area contributed by atoms with Crippen molar-refractivity contribution in [3.63, 3.8) is 0 Å². The maximum absolute atomic E-state index is 12.0. The molecule has 1 aliphatic rings. The summed E-state index contributed by atoms with van der Waals surface area (Å²) in [4.78, 5) is 30.0. The Balaban J connectivity index is 1.58. The summed E-state index contributed by atoms with van der Waals surface area (Å²) >= 11 is 7.19. The topological polar surface area (TPSA) is 62.3 Å². The first-order valence-corrected chi connectivity index (χ1v) is 8.56. The largest absolute Gasteiger partial charge is 0.326 e. The van der Waals surface area contributed by atoms with E-state index in [1.54, 1.807) is 36.2 Å². The highest BCUT2D eigenvalue weighted by molar-refractivity contribution is 7.14. The molecule has 1 fully saturated rings. The van der Waals surface area contributed by atoms with Gasteiger partial charge in [0, 0.05) is 29.1 Å². The van der Waals surface area contributed by atoms with Gasteiger partial charge in [0.05, 0.1) is 12.1 Å². The standard InChI is InChI=1S/C16H16ClN3O2S/c1-20(15(22)10-2-3-10)16-19-13(9-23-16)8-14(21)18-12-6-4-11(17)5-7-12/h4-7,9-10H,2-3,8H2,1H3,(H,18,21). The number of benzene rings is 1. The lowest BCUT2D eigenvalue weighted by atomic mass is 10.3. The number of halogens is 1. The van der Waals surface area contributed by atoms with Crippen molar-refractivity contribution in [3.05, 3.63) is 40.4 Å². The summed E-state index contributed by atoms with van der Waals surface area (Å²) in [6, 6.07) is 6.93. The van der Waals surface area contributed by atoms with Crippen LogP contribution in [-0.4, -0.2) is 23.8 Å². The van der Waals surface area contributed by atoms with Crippen LogP contribution in [0.15, 0.2) is 29.6 Å². The van der Waals surface area contributed by atoms with Gasteiger partial charge >= 0.3 is 0 Å². The van der Waals surface area contributed by atoms with Crippen molar-refractivity contribution in [3.8, 4) is 0 Å². The van der Waals surface area contributed by atoms with E-state index < -0.39 is 0 Å². The highest BCUT2D eigenvalue weighted by atomic mass is 35.5. The first kappa shape index (κ1) is 16.0. The van der Waals surface area contributed by atoms with Gasteiger partial charge in [-0.25, -0.2) is 4.98 Å². The molecule has 0 spiro atoms. The molecule has 2 aromatic rings. The Morgan fingerprint density at radius 3 is 2.70 bits per heavy atom. The summed E-state index contributed by atoms with van der Waals surface area (Å²) in [6.45, 7) is 0. The van der Waals surface area contributed by atoms with Gasteiger partial charge < -0.3 is 5.32 Å². The molecule has 0 saturated heterocycles. The second-order valence-corrected chi connectivity index (χ2v) is 6.80. The predicted molar refractivity (Wildman–Crippen MR) is 92.0 cm³/mol. The number of aromatic nitrogens is 1. The number of nitrogens with one attached hydrogen (secondary N) is 1. The van der Waals surface area contributed by atoms with Gasteiger partial charge in [0.25, 0.3) is 0 Å². The molecule has 0 radical (unpaired) electrons. The Labute approximate surface area is 143 Å². The number of carbonyl (C=O) groups is 2. The van der Waals surface area contributed by atoms with Crippen LogP contribution in [0.4, 0.5) is 10.8 Å². The van der Waals surface area contributed by atoms with Crippen molar-refractivity contribution in [1.82, 2.24) is 4.98 Å². The maximum atomic E-state index is 12.0. The maximum Gasteiger partial charge on any atom is 0.231 e. The van der Waals surface area contributed by atoms with E-state index in [-0.39, 0.29) is 24.2 Å². The fourth-order valence-corrected chi connectivity index (χ4v) is 3.05. The van der Waals surface area contributed by atoms with Gasteiger partial charge in [-0.15, -0.1) is 11.3 Å². The molecule has 0 aliphatic heterocycles. The third-order valence-corrected chi connectivity index (χ3v) is 4.77. The van der Waals surface area contributed by atoms with E-state index in [1.165, 1.54) is 11.3 Å². The summed E-state index contributed by atoms with van der Waals surface area (Å²) < 4.78 is 0. The first-order chi connectivity index (χ1) is 11.0. The minimum Gasteiger partial charge on any atom is -0.326 e. The lowest BCUT2D eigenvalue weighted by Gasteiger charge is -2.12. The van der Waals surface area contributed by atoms with E-state index in [4.69, 9.17) is 11.6 Å². The van der Waals surface area contributed by atoms with E-state index in [2.05, 4.69) is 10.3 Å². The van der Waals surface area contributed by atoms with Crippen molar-refractivity contribution < 1.29 is 9.59 Å². The minimum absolute atomic E-state index is 0.108. The van der Waals surface area contributed by atoms with E-state index >= 15 is 0 Å². The summed E-state index contributed by atoms with van der Waals surface area (Å²) in [5.41, 5.74) is 1.35. The van der Waals surface area contributed by atoms with Crippen LogP contribution in [-0.2, 0) is 16.0 Å². The number of nitrogens with zero attached hydrogens (tertiary/aromatic N) is 2. The average Bonchev–Trinajstić information content (AvgIpc) is 3.28. The summed E-state index contributed by atoms with van der Waals surface area (Å²) in [5.74, 6) is 0.109. The van der Waals surface area contributed by atoms with E-state index in [9.17, 15) is 9.59 Å². The Hall–Kier alpha value is -1.92. The van der Waals surface area contributed by atoms with Crippen LogP contribution in [0.25, 0.3) is 0 Å². The van der Waals surface area contributed by atoms with Crippen molar-refractivity contribution in [1.29, 1.82) is 0 Å². The fourth-order valence-electron chi connectivity index (χ4n) is 2.13. The highest BCUT2D eigenvalue weighted by Gasteiger charge is 2.33.